The smallest absolute Gasteiger partial charge is 0.346 e. The van der Waals surface area contributed by atoms with E-state index in [2.05, 4.69) is 4.74 Å². The van der Waals surface area contributed by atoms with Gasteiger partial charge in [0.2, 0.25) is 0 Å². The standard InChI is InChI=1S/C17H17ClO4/c1-12(17(19)20-2)22-16-7-3-13(4-8-16)11-21-15-9-5-14(18)6-10-15/h3-10,12H,11H2,1-2H3. The predicted molar refractivity (Wildman–Crippen MR) is 84.3 cm³/mol. The van der Waals surface area contributed by atoms with Gasteiger partial charge in [-0.25, -0.2) is 4.79 Å². The molecule has 0 spiro atoms. The van der Waals surface area contributed by atoms with Gasteiger partial charge in [-0.2, -0.15) is 0 Å². The van der Waals surface area contributed by atoms with Gasteiger partial charge in [0.25, 0.3) is 0 Å². The maximum atomic E-state index is 11.3. The molecule has 0 saturated heterocycles. The van der Waals surface area contributed by atoms with Gasteiger partial charge in [0.15, 0.2) is 6.10 Å². The van der Waals surface area contributed by atoms with E-state index < -0.39 is 12.1 Å². The van der Waals surface area contributed by atoms with Gasteiger partial charge in [-0.3, -0.25) is 0 Å². The summed E-state index contributed by atoms with van der Waals surface area (Å²) in [6.07, 6.45) is -0.638. The van der Waals surface area contributed by atoms with Crippen molar-refractivity contribution in [1.29, 1.82) is 0 Å². The number of benzene rings is 2. The van der Waals surface area contributed by atoms with Crippen molar-refractivity contribution in [2.75, 3.05) is 7.11 Å². The molecular formula is C17H17ClO4. The third-order valence-electron chi connectivity index (χ3n) is 2.99. The first-order chi connectivity index (χ1) is 10.6. The summed E-state index contributed by atoms with van der Waals surface area (Å²) in [5.41, 5.74) is 0.994. The van der Waals surface area contributed by atoms with Gasteiger partial charge >= 0.3 is 5.97 Å². The highest BCUT2D eigenvalue weighted by molar-refractivity contribution is 6.30. The lowest BCUT2D eigenvalue weighted by molar-refractivity contribution is -0.147. The fraction of sp³-hybridized carbons (Fsp3) is 0.235. The Morgan fingerprint density at radius 1 is 1.05 bits per heavy atom. The summed E-state index contributed by atoms with van der Waals surface area (Å²) in [5.74, 6) is 0.951. The van der Waals surface area contributed by atoms with Gasteiger partial charge in [0.05, 0.1) is 7.11 Å². The summed E-state index contributed by atoms with van der Waals surface area (Å²) < 4.78 is 15.7. The number of methoxy groups -OCH3 is 1. The fourth-order valence-electron chi connectivity index (χ4n) is 1.78. The second kappa shape index (κ2) is 7.71. The average molecular weight is 321 g/mol. The van der Waals surface area contributed by atoms with Crippen LogP contribution in [0.5, 0.6) is 11.5 Å². The maximum absolute atomic E-state index is 11.3. The Morgan fingerprint density at radius 3 is 2.23 bits per heavy atom. The lowest BCUT2D eigenvalue weighted by Crippen LogP contribution is -2.24. The minimum Gasteiger partial charge on any atom is -0.489 e. The number of rotatable bonds is 6. The van der Waals surface area contributed by atoms with Crippen molar-refractivity contribution in [3.63, 3.8) is 0 Å². The van der Waals surface area contributed by atoms with Gasteiger partial charge in [-0.15, -0.1) is 0 Å². The molecule has 2 rings (SSSR count). The highest BCUT2D eigenvalue weighted by Gasteiger charge is 2.14. The first kappa shape index (κ1) is 16.2. The molecule has 0 bridgehead atoms. The molecule has 1 unspecified atom stereocenters. The second-order valence-corrected chi connectivity index (χ2v) is 5.11. The monoisotopic (exact) mass is 320 g/mol. The van der Waals surface area contributed by atoms with Gasteiger partial charge in [0, 0.05) is 5.02 Å². The number of halogens is 1. The Morgan fingerprint density at radius 2 is 1.64 bits per heavy atom. The minimum atomic E-state index is -0.638. The van der Waals surface area contributed by atoms with Crippen LogP contribution in [0.3, 0.4) is 0 Å². The van der Waals surface area contributed by atoms with E-state index in [0.717, 1.165) is 11.3 Å². The number of ether oxygens (including phenoxy) is 3. The summed E-state index contributed by atoms with van der Waals surface area (Å²) in [4.78, 5) is 11.3. The molecular weight excluding hydrogens is 304 g/mol. The number of hydrogen-bond acceptors (Lipinski definition) is 4. The summed E-state index contributed by atoms with van der Waals surface area (Å²) in [6, 6.07) is 14.5. The zero-order chi connectivity index (χ0) is 15.9. The van der Waals surface area contributed by atoms with E-state index in [4.69, 9.17) is 21.1 Å². The zero-order valence-electron chi connectivity index (χ0n) is 12.4. The lowest BCUT2D eigenvalue weighted by Gasteiger charge is -2.13. The molecule has 0 N–H and O–H groups in total. The van der Waals surface area contributed by atoms with Crippen molar-refractivity contribution in [2.24, 2.45) is 0 Å². The van der Waals surface area contributed by atoms with Crippen LogP contribution in [0, 0.1) is 0 Å². The van der Waals surface area contributed by atoms with Gasteiger partial charge in [-0.05, 0) is 48.9 Å². The second-order valence-electron chi connectivity index (χ2n) is 4.67. The number of carbonyl (C=O) groups is 1. The topological polar surface area (TPSA) is 44.8 Å². The van der Waals surface area contributed by atoms with Crippen molar-refractivity contribution in [1.82, 2.24) is 0 Å². The molecule has 0 saturated carbocycles. The van der Waals surface area contributed by atoms with Gasteiger partial charge in [0.1, 0.15) is 18.1 Å². The van der Waals surface area contributed by atoms with E-state index in [9.17, 15) is 4.79 Å². The normalized spacial score (nSPS) is 11.6. The van der Waals surface area contributed by atoms with Crippen LogP contribution in [0.4, 0.5) is 0 Å². The van der Waals surface area contributed by atoms with E-state index in [1.54, 1.807) is 31.2 Å². The van der Waals surface area contributed by atoms with Crippen LogP contribution in [0.1, 0.15) is 12.5 Å². The Balaban J connectivity index is 1.89. The van der Waals surface area contributed by atoms with Crippen LogP contribution in [-0.2, 0) is 16.1 Å². The van der Waals surface area contributed by atoms with Gasteiger partial charge in [-0.1, -0.05) is 23.7 Å². The summed E-state index contributed by atoms with van der Waals surface area (Å²) >= 11 is 5.82. The summed E-state index contributed by atoms with van der Waals surface area (Å²) in [7, 11) is 1.33. The molecule has 116 valence electrons. The molecule has 0 aliphatic carbocycles. The van der Waals surface area contributed by atoms with E-state index in [0.29, 0.717) is 17.4 Å². The molecule has 0 aromatic heterocycles. The highest BCUT2D eigenvalue weighted by atomic mass is 35.5. The van der Waals surface area contributed by atoms with E-state index in [1.165, 1.54) is 7.11 Å². The van der Waals surface area contributed by atoms with Crippen molar-refractivity contribution >= 4 is 17.6 Å². The first-order valence-corrected chi connectivity index (χ1v) is 7.18. The minimum absolute atomic E-state index is 0.407. The molecule has 5 heteroatoms. The molecule has 22 heavy (non-hydrogen) atoms. The first-order valence-electron chi connectivity index (χ1n) is 6.80. The highest BCUT2D eigenvalue weighted by Crippen LogP contribution is 2.18. The van der Waals surface area contributed by atoms with Crippen LogP contribution < -0.4 is 9.47 Å². The van der Waals surface area contributed by atoms with E-state index in [1.807, 2.05) is 24.3 Å². The van der Waals surface area contributed by atoms with Crippen LogP contribution in [0.15, 0.2) is 48.5 Å². The molecule has 2 aromatic rings. The van der Waals surface area contributed by atoms with E-state index >= 15 is 0 Å². The zero-order valence-corrected chi connectivity index (χ0v) is 13.2. The molecule has 1 atom stereocenters. The molecule has 0 aliphatic heterocycles. The maximum Gasteiger partial charge on any atom is 0.346 e. The van der Waals surface area contributed by atoms with Crippen LogP contribution >= 0.6 is 11.6 Å². The average Bonchev–Trinajstić information content (AvgIpc) is 2.55. The molecule has 4 nitrogen and oxygen atoms in total. The van der Waals surface area contributed by atoms with Crippen LogP contribution in [0.2, 0.25) is 5.02 Å². The van der Waals surface area contributed by atoms with Crippen LogP contribution in [-0.4, -0.2) is 19.2 Å². The number of carbonyl (C=O) groups excluding carboxylic acids is 1. The Labute approximate surface area is 134 Å². The molecule has 0 heterocycles. The lowest BCUT2D eigenvalue weighted by atomic mass is 10.2. The molecule has 0 aliphatic rings. The van der Waals surface area contributed by atoms with E-state index in [-0.39, 0.29) is 0 Å². The van der Waals surface area contributed by atoms with Crippen molar-refractivity contribution in [2.45, 2.75) is 19.6 Å². The molecule has 0 fully saturated rings. The van der Waals surface area contributed by atoms with Crippen molar-refractivity contribution < 1.29 is 19.0 Å². The Kier molecular flexibility index (Phi) is 5.67. The summed E-state index contributed by atoms with van der Waals surface area (Å²) in [6.45, 7) is 2.08. The largest absolute Gasteiger partial charge is 0.489 e. The third kappa shape index (κ3) is 4.67. The van der Waals surface area contributed by atoms with Crippen molar-refractivity contribution in [3.05, 3.63) is 59.1 Å². The summed E-state index contributed by atoms with van der Waals surface area (Å²) in [5, 5.41) is 0.675. The number of esters is 1. The predicted octanol–water partition coefficient (Wildman–Crippen LogP) is 3.86. The third-order valence-corrected chi connectivity index (χ3v) is 3.24. The molecule has 0 radical (unpaired) electrons. The van der Waals surface area contributed by atoms with Crippen molar-refractivity contribution in [3.8, 4) is 11.5 Å². The number of hydrogen-bond donors (Lipinski definition) is 0. The molecule has 0 amide bonds. The molecule has 2 aromatic carbocycles. The van der Waals surface area contributed by atoms with Gasteiger partial charge < -0.3 is 14.2 Å². The fourth-order valence-corrected chi connectivity index (χ4v) is 1.91. The Hall–Kier alpha value is -2.20. The van der Waals surface area contributed by atoms with Crippen LogP contribution in [0.25, 0.3) is 0 Å². The quantitative estimate of drug-likeness (QED) is 0.758. The SMILES string of the molecule is COC(=O)C(C)Oc1ccc(COc2ccc(Cl)cc2)cc1. The Bertz CT molecular complexity index is 608.